The number of piperazine rings is 1. The predicted octanol–water partition coefficient (Wildman–Crippen LogP) is 0.271. The summed E-state index contributed by atoms with van der Waals surface area (Å²) in [5.41, 5.74) is 0.00827. The van der Waals surface area contributed by atoms with E-state index >= 15 is 0 Å². The molecule has 0 unspecified atom stereocenters. The van der Waals surface area contributed by atoms with E-state index in [-0.39, 0.29) is 17.5 Å². The average Bonchev–Trinajstić information content (AvgIpc) is 2.67. The van der Waals surface area contributed by atoms with Crippen molar-refractivity contribution in [2.45, 2.75) is 0 Å². The van der Waals surface area contributed by atoms with Crippen LogP contribution in [0.4, 0.5) is 4.79 Å². The maximum Gasteiger partial charge on any atom is 0.319 e. The lowest BCUT2D eigenvalue weighted by Gasteiger charge is -2.35. The van der Waals surface area contributed by atoms with Crippen molar-refractivity contribution >= 4 is 11.9 Å². The van der Waals surface area contributed by atoms with Crippen LogP contribution >= 0.6 is 0 Å². The minimum Gasteiger partial charge on any atom is -0.335 e. The zero-order valence-corrected chi connectivity index (χ0v) is 14.7. The minimum absolute atomic E-state index is 0.0166. The Labute approximate surface area is 150 Å². The Hall–Kier alpha value is -3.23. The Bertz CT molecular complexity index is 856. The van der Waals surface area contributed by atoms with Gasteiger partial charge in [0.15, 0.2) is 5.82 Å². The first-order chi connectivity index (χ1) is 12.5. The van der Waals surface area contributed by atoms with Gasteiger partial charge in [-0.2, -0.15) is 0 Å². The molecule has 1 N–H and O–H groups in total. The standard InChI is InChI=1S/C17H20N6O3/c1-21(2)17(26)23-9-7-22(8-10-23)16(25)12-11-19-14(20-15(12)24)13-5-3-4-6-18-13/h3-6,11H,7-10H2,1-2H3,(H,19,20,24). The molecule has 3 amide bonds. The van der Waals surface area contributed by atoms with Gasteiger partial charge in [-0.1, -0.05) is 6.07 Å². The number of aromatic nitrogens is 3. The molecule has 0 aromatic carbocycles. The summed E-state index contributed by atoms with van der Waals surface area (Å²) >= 11 is 0. The lowest BCUT2D eigenvalue weighted by molar-refractivity contribution is 0.0648. The monoisotopic (exact) mass is 356 g/mol. The third-order valence-corrected chi connectivity index (χ3v) is 4.16. The number of hydrogen-bond acceptors (Lipinski definition) is 5. The minimum atomic E-state index is -0.502. The van der Waals surface area contributed by atoms with E-state index in [0.717, 1.165) is 0 Å². The summed E-state index contributed by atoms with van der Waals surface area (Å²) in [6.07, 6.45) is 2.88. The second-order valence-corrected chi connectivity index (χ2v) is 6.15. The van der Waals surface area contributed by atoms with Crippen molar-refractivity contribution in [3.8, 4) is 11.5 Å². The molecule has 2 aromatic rings. The van der Waals surface area contributed by atoms with Gasteiger partial charge in [0.1, 0.15) is 11.3 Å². The van der Waals surface area contributed by atoms with Crippen LogP contribution in [0.3, 0.4) is 0 Å². The quantitative estimate of drug-likeness (QED) is 0.832. The van der Waals surface area contributed by atoms with E-state index < -0.39 is 5.56 Å². The van der Waals surface area contributed by atoms with Gasteiger partial charge >= 0.3 is 6.03 Å². The molecular formula is C17H20N6O3. The number of aromatic amines is 1. The van der Waals surface area contributed by atoms with Gasteiger partial charge in [-0.05, 0) is 12.1 Å². The molecule has 1 aliphatic heterocycles. The summed E-state index contributed by atoms with van der Waals surface area (Å²) in [6, 6.07) is 5.19. The number of carbonyl (C=O) groups is 2. The summed E-state index contributed by atoms with van der Waals surface area (Å²) in [4.78, 5) is 52.5. The lowest BCUT2D eigenvalue weighted by atomic mass is 10.2. The van der Waals surface area contributed by atoms with E-state index in [9.17, 15) is 14.4 Å². The fourth-order valence-electron chi connectivity index (χ4n) is 2.73. The Morgan fingerprint density at radius 2 is 1.77 bits per heavy atom. The number of rotatable bonds is 2. The number of amides is 3. The molecule has 3 rings (SSSR count). The lowest BCUT2D eigenvalue weighted by Crippen LogP contribution is -2.53. The van der Waals surface area contributed by atoms with Crippen molar-refractivity contribution < 1.29 is 9.59 Å². The second-order valence-electron chi connectivity index (χ2n) is 6.15. The largest absolute Gasteiger partial charge is 0.335 e. The van der Waals surface area contributed by atoms with Gasteiger partial charge in [0.2, 0.25) is 0 Å². The van der Waals surface area contributed by atoms with Crippen LogP contribution in [0.2, 0.25) is 0 Å². The number of carbonyl (C=O) groups excluding carboxylic acids is 2. The summed E-state index contributed by atoms with van der Waals surface area (Å²) in [5, 5.41) is 0. The van der Waals surface area contributed by atoms with Gasteiger partial charge < -0.3 is 19.7 Å². The van der Waals surface area contributed by atoms with E-state index in [1.54, 1.807) is 48.3 Å². The zero-order chi connectivity index (χ0) is 18.7. The third-order valence-electron chi connectivity index (χ3n) is 4.16. The van der Waals surface area contributed by atoms with Crippen LogP contribution < -0.4 is 5.56 Å². The average molecular weight is 356 g/mol. The number of H-pyrrole nitrogens is 1. The van der Waals surface area contributed by atoms with Gasteiger partial charge in [-0.3, -0.25) is 14.6 Å². The van der Waals surface area contributed by atoms with Crippen molar-refractivity contribution in [3.05, 3.63) is 46.5 Å². The number of nitrogens with one attached hydrogen (secondary N) is 1. The molecule has 0 aliphatic carbocycles. The molecule has 0 radical (unpaired) electrons. The van der Waals surface area contributed by atoms with Crippen LogP contribution in [0.25, 0.3) is 11.5 Å². The zero-order valence-electron chi connectivity index (χ0n) is 14.7. The van der Waals surface area contributed by atoms with Crippen LogP contribution in [-0.2, 0) is 0 Å². The molecule has 26 heavy (non-hydrogen) atoms. The molecule has 1 aliphatic rings. The highest BCUT2D eigenvalue weighted by Crippen LogP contribution is 2.10. The number of pyridine rings is 1. The van der Waals surface area contributed by atoms with Crippen molar-refractivity contribution in [1.29, 1.82) is 0 Å². The van der Waals surface area contributed by atoms with Crippen LogP contribution in [0, 0.1) is 0 Å². The molecule has 9 nitrogen and oxygen atoms in total. The van der Waals surface area contributed by atoms with Gasteiger partial charge in [0, 0.05) is 52.7 Å². The maximum atomic E-state index is 12.6. The molecule has 0 saturated carbocycles. The summed E-state index contributed by atoms with van der Waals surface area (Å²) in [6.45, 7) is 1.61. The molecule has 9 heteroatoms. The first kappa shape index (κ1) is 17.6. The van der Waals surface area contributed by atoms with E-state index in [1.165, 1.54) is 11.1 Å². The first-order valence-corrected chi connectivity index (χ1v) is 8.23. The van der Waals surface area contributed by atoms with Crippen LogP contribution in [0.1, 0.15) is 10.4 Å². The predicted molar refractivity (Wildman–Crippen MR) is 94.6 cm³/mol. The second kappa shape index (κ2) is 7.34. The van der Waals surface area contributed by atoms with Crippen molar-refractivity contribution in [2.24, 2.45) is 0 Å². The Kier molecular flexibility index (Phi) is 4.97. The highest BCUT2D eigenvalue weighted by molar-refractivity contribution is 5.93. The van der Waals surface area contributed by atoms with Crippen LogP contribution in [0.15, 0.2) is 35.4 Å². The molecular weight excluding hydrogens is 336 g/mol. The number of nitrogens with zero attached hydrogens (tertiary/aromatic N) is 5. The Morgan fingerprint density at radius 3 is 2.35 bits per heavy atom. The Morgan fingerprint density at radius 1 is 1.08 bits per heavy atom. The first-order valence-electron chi connectivity index (χ1n) is 8.23. The summed E-state index contributed by atoms with van der Waals surface area (Å²) in [5.74, 6) is -0.0724. The van der Waals surface area contributed by atoms with Gasteiger partial charge in [-0.25, -0.2) is 9.78 Å². The van der Waals surface area contributed by atoms with Crippen molar-refractivity contribution in [2.75, 3.05) is 40.3 Å². The van der Waals surface area contributed by atoms with Gasteiger partial charge in [-0.15, -0.1) is 0 Å². The molecule has 136 valence electrons. The van der Waals surface area contributed by atoms with E-state index in [4.69, 9.17) is 0 Å². The smallest absolute Gasteiger partial charge is 0.319 e. The van der Waals surface area contributed by atoms with E-state index in [0.29, 0.717) is 37.7 Å². The van der Waals surface area contributed by atoms with Gasteiger partial charge in [0.25, 0.3) is 11.5 Å². The molecule has 1 saturated heterocycles. The van der Waals surface area contributed by atoms with E-state index in [1.807, 2.05) is 0 Å². The van der Waals surface area contributed by atoms with Gasteiger partial charge in [0.05, 0.1) is 0 Å². The molecule has 2 aromatic heterocycles. The van der Waals surface area contributed by atoms with Crippen molar-refractivity contribution in [1.82, 2.24) is 29.7 Å². The maximum absolute atomic E-state index is 12.6. The SMILES string of the molecule is CN(C)C(=O)N1CCN(C(=O)c2cnc(-c3ccccn3)[nH]c2=O)CC1. The Balaban J connectivity index is 1.71. The van der Waals surface area contributed by atoms with Crippen molar-refractivity contribution in [3.63, 3.8) is 0 Å². The fourth-order valence-corrected chi connectivity index (χ4v) is 2.73. The summed E-state index contributed by atoms with van der Waals surface area (Å²) in [7, 11) is 3.38. The number of urea groups is 1. The van der Waals surface area contributed by atoms with Crippen LogP contribution in [0.5, 0.6) is 0 Å². The highest BCUT2D eigenvalue weighted by Gasteiger charge is 2.27. The molecule has 0 atom stereocenters. The summed E-state index contributed by atoms with van der Waals surface area (Å²) < 4.78 is 0. The highest BCUT2D eigenvalue weighted by atomic mass is 16.2. The molecule has 1 fully saturated rings. The number of hydrogen-bond donors (Lipinski definition) is 1. The fraction of sp³-hybridized carbons (Fsp3) is 0.353. The third kappa shape index (κ3) is 3.56. The normalized spacial score (nSPS) is 14.2. The molecule has 0 bridgehead atoms. The molecule has 3 heterocycles. The van der Waals surface area contributed by atoms with Crippen LogP contribution in [-0.4, -0.2) is 81.9 Å². The van der Waals surface area contributed by atoms with E-state index in [2.05, 4.69) is 15.0 Å². The topological polar surface area (TPSA) is 102 Å². The molecule has 0 spiro atoms.